The summed E-state index contributed by atoms with van der Waals surface area (Å²) in [6.45, 7) is 7.63. The number of carbonyl (C=O) groups is 3. The highest BCUT2D eigenvalue weighted by molar-refractivity contribution is 7.16. The van der Waals surface area contributed by atoms with Gasteiger partial charge in [0.2, 0.25) is 5.91 Å². The molecule has 0 saturated carbocycles. The largest absolute Gasteiger partial charge is 0.452 e. The third-order valence-electron chi connectivity index (χ3n) is 4.39. The van der Waals surface area contributed by atoms with E-state index in [1.807, 2.05) is 0 Å². The average Bonchev–Trinajstić information content (AvgIpc) is 2.89. The van der Waals surface area contributed by atoms with Crippen molar-refractivity contribution in [2.24, 2.45) is 0 Å². The van der Waals surface area contributed by atoms with E-state index in [0.29, 0.717) is 16.1 Å². The van der Waals surface area contributed by atoms with Gasteiger partial charge in [0.05, 0.1) is 10.5 Å². The quantitative estimate of drug-likeness (QED) is 0.418. The lowest BCUT2D eigenvalue weighted by Gasteiger charge is -2.12. The van der Waals surface area contributed by atoms with Gasteiger partial charge < -0.3 is 15.4 Å². The number of rotatable bonds is 6. The summed E-state index contributed by atoms with van der Waals surface area (Å²) < 4.78 is 5.08. The molecule has 0 aliphatic rings. The molecular formula is C19H21N3O6S. The highest BCUT2D eigenvalue weighted by Gasteiger charge is 2.24. The second-order valence-electron chi connectivity index (χ2n) is 6.45. The van der Waals surface area contributed by atoms with Gasteiger partial charge in [-0.3, -0.25) is 19.7 Å². The summed E-state index contributed by atoms with van der Waals surface area (Å²) in [6.07, 6.45) is 0. The Bertz CT molecular complexity index is 1010. The van der Waals surface area contributed by atoms with Crippen LogP contribution in [0.15, 0.2) is 12.1 Å². The smallest absolute Gasteiger partial charge is 0.341 e. The summed E-state index contributed by atoms with van der Waals surface area (Å²) >= 11 is 1.23. The van der Waals surface area contributed by atoms with Crippen LogP contribution in [-0.4, -0.2) is 29.3 Å². The van der Waals surface area contributed by atoms with Crippen molar-refractivity contribution >= 4 is 45.5 Å². The lowest BCUT2D eigenvalue weighted by atomic mass is 10.1. The number of carbonyl (C=O) groups excluding carboxylic acids is 3. The van der Waals surface area contributed by atoms with Gasteiger partial charge in [-0.25, -0.2) is 4.79 Å². The van der Waals surface area contributed by atoms with Gasteiger partial charge in [-0.15, -0.1) is 11.3 Å². The standard InChI is InChI=1S/C19H21N3O6S/c1-9-6-7-14(22(26)27)17(10(9)2)21-15(24)8-28-19(25)16-11(3)12(4)29-18(16)20-13(5)23/h6-7H,8H2,1-5H3,(H,20,23)(H,21,24). The Morgan fingerprint density at radius 1 is 1.10 bits per heavy atom. The Kier molecular flexibility index (Phi) is 6.70. The van der Waals surface area contributed by atoms with E-state index in [2.05, 4.69) is 10.6 Å². The molecule has 0 radical (unpaired) electrons. The Hall–Kier alpha value is -3.27. The van der Waals surface area contributed by atoms with Crippen LogP contribution in [0.25, 0.3) is 0 Å². The fraction of sp³-hybridized carbons (Fsp3) is 0.316. The summed E-state index contributed by atoms with van der Waals surface area (Å²) in [5.74, 6) is -1.80. The number of aryl methyl sites for hydroxylation is 2. The number of anilines is 2. The minimum atomic E-state index is -0.763. The molecule has 2 aromatic rings. The molecule has 0 unspecified atom stereocenters. The van der Waals surface area contributed by atoms with Crippen LogP contribution < -0.4 is 10.6 Å². The normalized spacial score (nSPS) is 10.4. The Morgan fingerprint density at radius 3 is 2.34 bits per heavy atom. The molecular weight excluding hydrogens is 398 g/mol. The summed E-state index contributed by atoms with van der Waals surface area (Å²) in [5, 5.41) is 16.6. The van der Waals surface area contributed by atoms with Gasteiger partial charge in [0.1, 0.15) is 10.7 Å². The van der Waals surface area contributed by atoms with Crippen molar-refractivity contribution in [2.75, 3.05) is 17.2 Å². The van der Waals surface area contributed by atoms with Crippen molar-refractivity contribution in [2.45, 2.75) is 34.6 Å². The maximum absolute atomic E-state index is 12.5. The zero-order valence-corrected chi connectivity index (χ0v) is 17.5. The van der Waals surface area contributed by atoms with E-state index in [-0.39, 0.29) is 22.8 Å². The number of nitrogens with zero attached hydrogens (tertiary/aromatic N) is 1. The summed E-state index contributed by atoms with van der Waals surface area (Å²) in [6, 6.07) is 2.90. The van der Waals surface area contributed by atoms with Crippen molar-refractivity contribution in [3.8, 4) is 0 Å². The SMILES string of the molecule is CC(=O)Nc1sc(C)c(C)c1C(=O)OCC(=O)Nc1c([N+](=O)[O-])ccc(C)c1C. The van der Waals surface area contributed by atoms with Crippen LogP contribution >= 0.6 is 11.3 Å². The molecule has 1 heterocycles. The Morgan fingerprint density at radius 2 is 1.76 bits per heavy atom. The van der Waals surface area contributed by atoms with Crippen molar-refractivity contribution in [1.29, 1.82) is 0 Å². The van der Waals surface area contributed by atoms with Crippen LogP contribution in [-0.2, 0) is 14.3 Å². The molecule has 0 bridgehead atoms. The molecule has 2 N–H and O–H groups in total. The average molecular weight is 419 g/mol. The molecule has 0 aliphatic heterocycles. The number of nitrogens with one attached hydrogen (secondary N) is 2. The second kappa shape index (κ2) is 8.82. The van der Waals surface area contributed by atoms with Gasteiger partial charge in [0.15, 0.2) is 6.61 Å². The van der Waals surface area contributed by atoms with E-state index in [1.165, 1.54) is 24.3 Å². The maximum atomic E-state index is 12.5. The number of hydrogen-bond donors (Lipinski definition) is 2. The van der Waals surface area contributed by atoms with Crippen LogP contribution in [0.5, 0.6) is 0 Å². The Balaban J connectivity index is 2.15. The van der Waals surface area contributed by atoms with Crippen LogP contribution in [0.4, 0.5) is 16.4 Å². The second-order valence-corrected chi connectivity index (χ2v) is 7.68. The fourth-order valence-electron chi connectivity index (χ4n) is 2.61. The van der Waals surface area contributed by atoms with Gasteiger partial charge in [-0.2, -0.15) is 0 Å². The topological polar surface area (TPSA) is 128 Å². The zero-order valence-electron chi connectivity index (χ0n) is 16.7. The maximum Gasteiger partial charge on any atom is 0.341 e. The monoisotopic (exact) mass is 419 g/mol. The molecule has 154 valence electrons. The minimum absolute atomic E-state index is 0.0672. The van der Waals surface area contributed by atoms with E-state index < -0.39 is 23.4 Å². The summed E-state index contributed by atoms with van der Waals surface area (Å²) in [7, 11) is 0. The van der Waals surface area contributed by atoms with Gasteiger partial charge in [-0.1, -0.05) is 6.07 Å². The van der Waals surface area contributed by atoms with E-state index in [1.54, 1.807) is 33.8 Å². The third kappa shape index (κ3) is 4.96. The van der Waals surface area contributed by atoms with E-state index in [4.69, 9.17) is 4.74 Å². The van der Waals surface area contributed by atoms with Crippen molar-refractivity contribution < 1.29 is 24.0 Å². The first-order valence-electron chi connectivity index (χ1n) is 8.62. The number of nitro groups is 1. The molecule has 1 aromatic heterocycles. The molecule has 1 aromatic carbocycles. The van der Waals surface area contributed by atoms with Crippen LogP contribution in [0.3, 0.4) is 0 Å². The number of thiophene rings is 1. The number of benzene rings is 1. The first-order chi connectivity index (χ1) is 13.5. The van der Waals surface area contributed by atoms with Crippen LogP contribution in [0.1, 0.15) is 38.8 Å². The van der Waals surface area contributed by atoms with E-state index in [9.17, 15) is 24.5 Å². The highest BCUT2D eigenvalue weighted by atomic mass is 32.1. The van der Waals surface area contributed by atoms with E-state index >= 15 is 0 Å². The van der Waals surface area contributed by atoms with Gasteiger partial charge in [0.25, 0.3) is 11.6 Å². The van der Waals surface area contributed by atoms with Gasteiger partial charge in [-0.05, 0) is 44.4 Å². The van der Waals surface area contributed by atoms with Crippen molar-refractivity contribution in [1.82, 2.24) is 0 Å². The molecule has 0 saturated heterocycles. The molecule has 0 spiro atoms. The van der Waals surface area contributed by atoms with Crippen LogP contribution in [0, 0.1) is 37.8 Å². The minimum Gasteiger partial charge on any atom is -0.452 e. The van der Waals surface area contributed by atoms with Gasteiger partial charge >= 0.3 is 5.97 Å². The number of esters is 1. The molecule has 10 heteroatoms. The molecule has 2 rings (SSSR count). The predicted molar refractivity (Wildman–Crippen MR) is 110 cm³/mol. The molecule has 0 fully saturated rings. The fourth-order valence-corrected chi connectivity index (χ4v) is 3.71. The lowest BCUT2D eigenvalue weighted by molar-refractivity contribution is -0.384. The highest BCUT2D eigenvalue weighted by Crippen LogP contribution is 2.33. The van der Waals surface area contributed by atoms with Gasteiger partial charge in [0, 0.05) is 17.9 Å². The zero-order chi connectivity index (χ0) is 21.9. The first-order valence-corrected chi connectivity index (χ1v) is 9.43. The van der Waals surface area contributed by atoms with Crippen molar-refractivity contribution in [3.63, 3.8) is 0 Å². The molecule has 2 amide bonds. The van der Waals surface area contributed by atoms with Crippen LogP contribution in [0.2, 0.25) is 0 Å². The van der Waals surface area contributed by atoms with Crippen molar-refractivity contribution in [3.05, 3.63) is 49.4 Å². The Labute approximate surface area is 171 Å². The predicted octanol–water partition coefficient (Wildman–Crippen LogP) is 3.64. The number of hydrogen-bond acceptors (Lipinski definition) is 7. The summed E-state index contributed by atoms with van der Waals surface area (Å²) in [5.41, 5.74) is 1.98. The number of nitro benzene ring substituents is 1. The summed E-state index contributed by atoms with van der Waals surface area (Å²) in [4.78, 5) is 47.5. The first kappa shape index (κ1) is 22.0. The molecule has 0 aliphatic carbocycles. The third-order valence-corrected chi connectivity index (χ3v) is 5.51. The number of ether oxygens (including phenoxy) is 1. The molecule has 9 nitrogen and oxygen atoms in total. The lowest BCUT2D eigenvalue weighted by Crippen LogP contribution is -2.22. The van der Waals surface area contributed by atoms with E-state index in [0.717, 1.165) is 10.4 Å². The number of amides is 2. The molecule has 0 atom stereocenters. The molecule has 29 heavy (non-hydrogen) atoms.